The molecule has 114 valence electrons. The van der Waals surface area contributed by atoms with Crippen molar-refractivity contribution in [3.05, 3.63) is 86.3 Å². The van der Waals surface area contributed by atoms with Crippen molar-refractivity contribution in [2.24, 2.45) is 0 Å². The van der Waals surface area contributed by atoms with Gasteiger partial charge < -0.3 is 9.15 Å². The van der Waals surface area contributed by atoms with Gasteiger partial charge in [0.2, 0.25) is 0 Å². The number of fused-ring (bicyclic) bond motifs is 3. The molecule has 0 spiro atoms. The lowest BCUT2D eigenvalue weighted by atomic mass is 9.92. The number of rotatable bonds is 2. The normalized spacial score (nSPS) is 19.3. The van der Waals surface area contributed by atoms with Gasteiger partial charge in [-0.3, -0.25) is 10.1 Å². The van der Waals surface area contributed by atoms with E-state index in [1.807, 2.05) is 6.07 Å². The largest absolute Gasteiger partial charge is 0.428 e. The number of benzene rings is 2. The molecule has 1 aliphatic rings. The van der Waals surface area contributed by atoms with Crippen molar-refractivity contribution in [3.63, 3.8) is 0 Å². The van der Waals surface area contributed by atoms with E-state index in [1.54, 1.807) is 48.5 Å². The van der Waals surface area contributed by atoms with E-state index in [-0.39, 0.29) is 11.3 Å². The van der Waals surface area contributed by atoms with Gasteiger partial charge in [0.15, 0.2) is 0 Å². The number of hydrogen-bond acceptors (Lipinski definition) is 5. The number of nitro groups is 1. The Morgan fingerprint density at radius 1 is 1.00 bits per heavy atom. The minimum Gasteiger partial charge on any atom is -0.428 e. The molecule has 0 radical (unpaired) electrons. The average Bonchev–Trinajstić information content (AvgIpc) is 2.97. The third-order valence-electron chi connectivity index (χ3n) is 4.00. The van der Waals surface area contributed by atoms with Crippen LogP contribution in [-0.4, -0.2) is 11.2 Å². The second kappa shape index (κ2) is 4.95. The molecule has 0 aliphatic carbocycles. The van der Waals surface area contributed by atoms with Gasteiger partial charge in [0.05, 0.1) is 15.9 Å². The second-order valence-corrected chi connectivity index (χ2v) is 5.31. The zero-order chi connectivity index (χ0) is 16.0. The number of nitrogens with zero attached hydrogens (tertiary/aromatic N) is 1. The fourth-order valence-electron chi connectivity index (χ4n) is 3.02. The van der Waals surface area contributed by atoms with Crippen LogP contribution in [0.4, 0.5) is 0 Å². The van der Waals surface area contributed by atoms with E-state index in [4.69, 9.17) is 9.15 Å². The molecule has 0 N–H and O–H groups in total. The Labute approximate surface area is 130 Å². The fraction of sp³-hybridized carbons (Fsp3) is 0.118. The maximum Gasteiger partial charge on any atom is 0.365 e. The van der Waals surface area contributed by atoms with E-state index in [0.29, 0.717) is 16.5 Å². The van der Waals surface area contributed by atoms with Crippen LogP contribution in [-0.2, 0) is 0 Å². The molecule has 0 unspecified atom stereocenters. The Bertz CT molecular complexity index is 964. The standard InChI is InChI=1S/C17H11NO5/c19-17-14-13(10-6-2-1-3-7-10)16(18(20)21)23-15(14)11-8-4-5-9-12(11)22-17/h1-9,13,16H/t13-,16-/m1/s1. The monoisotopic (exact) mass is 309 g/mol. The highest BCUT2D eigenvalue weighted by atomic mass is 16.7. The molecule has 0 saturated carbocycles. The smallest absolute Gasteiger partial charge is 0.365 e. The summed E-state index contributed by atoms with van der Waals surface area (Å²) >= 11 is 0. The first-order chi connectivity index (χ1) is 11.2. The molecular weight excluding hydrogens is 298 g/mol. The summed E-state index contributed by atoms with van der Waals surface area (Å²) in [6, 6.07) is 15.7. The second-order valence-electron chi connectivity index (χ2n) is 5.31. The molecule has 0 saturated heterocycles. The van der Waals surface area contributed by atoms with Crippen LogP contribution in [0.25, 0.3) is 11.0 Å². The van der Waals surface area contributed by atoms with Gasteiger partial charge in [0, 0.05) is 0 Å². The van der Waals surface area contributed by atoms with Crippen LogP contribution in [0.5, 0.6) is 5.75 Å². The van der Waals surface area contributed by atoms with Crippen molar-refractivity contribution in [1.29, 1.82) is 0 Å². The van der Waals surface area contributed by atoms with Gasteiger partial charge in [-0.2, -0.15) is 0 Å². The summed E-state index contributed by atoms with van der Waals surface area (Å²) in [6.07, 6.45) is -1.35. The molecule has 0 fully saturated rings. The summed E-state index contributed by atoms with van der Waals surface area (Å²) in [5.74, 6) is -0.547. The first kappa shape index (κ1) is 13.5. The van der Waals surface area contributed by atoms with Gasteiger partial charge in [-0.15, -0.1) is 0 Å². The van der Waals surface area contributed by atoms with Gasteiger partial charge >= 0.3 is 11.9 Å². The minimum atomic E-state index is -1.35. The highest BCUT2D eigenvalue weighted by Gasteiger charge is 2.47. The van der Waals surface area contributed by atoms with Crippen molar-refractivity contribution in [2.45, 2.75) is 12.1 Å². The molecule has 2 aromatic carbocycles. The van der Waals surface area contributed by atoms with Crippen LogP contribution in [0, 0.1) is 10.1 Å². The molecule has 6 nitrogen and oxygen atoms in total. The maximum absolute atomic E-state index is 12.4. The molecule has 2 atom stereocenters. The molecule has 3 aromatic rings. The summed E-state index contributed by atoms with van der Waals surface area (Å²) in [5.41, 5.74) is 0.607. The predicted octanol–water partition coefficient (Wildman–Crippen LogP) is 2.92. The number of hydrogen-bond donors (Lipinski definition) is 0. The van der Waals surface area contributed by atoms with E-state index in [2.05, 4.69) is 0 Å². The van der Waals surface area contributed by atoms with Gasteiger partial charge in [-0.1, -0.05) is 42.5 Å². The highest BCUT2D eigenvalue weighted by molar-refractivity contribution is 5.85. The third-order valence-corrected chi connectivity index (χ3v) is 4.00. The lowest BCUT2D eigenvalue weighted by molar-refractivity contribution is -0.561. The van der Waals surface area contributed by atoms with Crippen LogP contribution in [0.1, 0.15) is 17.0 Å². The van der Waals surface area contributed by atoms with Gasteiger partial charge in [0.1, 0.15) is 17.3 Å². The molecule has 1 aromatic heterocycles. The molecule has 0 bridgehead atoms. The van der Waals surface area contributed by atoms with E-state index in [9.17, 15) is 14.9 Å². The predicted molar refractivity (Wildman–Crippen MR) is 82.2 cm³/mol. The zero-order valence-corrected chi connectivity index (χ0v) is 11.8. The molecule has 4 rings (SSSR count). The summed E-state index contributed by atoms with van der Waals surface area (Å²) in [4.78, 5) is 23.3. The first-order valence-electron chi connectivity index (χ1n) is 7.07. The van der Waals surface area contributed by atoms with Crippen LogP contribution in [0.2, 0.25) is 0 Å². The van der Waals surface area contributed by atoms with Crippen LogP contribution < -0.4 is 10.4 Å². The van der Waals surface area contributed by atoms with Gasteiger partial charge in [-0.25, -0.2) is 4.79 Å². The van der Waals surface area contributed by atoms with Crippen molar-refractivity contribution in [1.82, 2.24) is 0 Å². The molecule has 6 heteroatoms. The summed E-state index contributed by atoms with van der Waals surface area (Å²) in [7, 11) is 0. The Morgan fingerprint density at radius 2 is 1.70 bits per heavy atom. The van der Waals surface area contributed by atoms with Crippen LogP contribution in [0.15, 0.2) is 63.8 Å². The molecular formula is C17H11NO5. The summed E-state index contributed by atoms with van der Waals surface area (Å²) in [5, 5.41) is 12.0. The lowest BCUT2D eigenvalue weighted by Gasteiger charge is -2.11. The van der Waals surface area contributed by atoms with E-state index >= 15 is 0 Å². The Morgan fingerprint density at radius 3 is 2.43 bits per heavy atom. The van der Waals surface area contributed by atoms with E-state index in [0.717, 1.165) is 0 Å². The van der Waals surface area contributed by atoms with Crippen molar-refractivity contribution < 1.29 is 14.1 Å². The van der Waals surface area contributed by atoms with Crippen molar-refractivity contribution in [3.8, 4) is 5.75 Å². The third kappa shape index (κ3) is 1.99. The fourth-order valence-corrected chi connectivity index (χ4v) is 3.02. The number of ether oxygens (including phenoxy) is 1. The molecule has 1 aliphatic heterocycles. The maximum atomic E-state index is 12.4. The minimum absolute atomic E-state index is 0.205. The Kier molecular flexibility index (Phi) is 2.90. The first-order valence-corrected chi connectivity index (χ1v) is 7.07. The van der Waals surface area contributed by atoms with E-state index in [1.165, 1.54) is 0 Å². The Hall–Kier alpha value is -3.15. The van der Waals surface area contributed by atoms with Crippen LogP contribution in [0.3, 0.4) is 0 Å². The van der Waals surface area contributed by atoms with Crippen LogP contribution >= 0.6 is 0 Å². The molecule has 23 heavy (non-hydrogen) atoms. The quantitative estimate of drug-likeness (QED) is 0.413. The van der Waals surface area contributed by atoms with Gasteiger partial charge in [0.25, 0.3) is 0 Å². The Balaban J connectivity index is 2.03. The number of para-hydroxylation sites is 1. The average molecular weight is 309 g/mol. The summed E-state index contributed by atoms with van der Waals surface area (Å²) < 4.78 is 10.9. The zero-order valence-electron chi connectivity index (χ0n) is 11.8. The van der Waals surface area contributed by atoms with E-state index < -0.39 is 22.7 Å². The van der Waals surface area contributed by atoms with Crippen molar-refractivity contribution in [2.75, 3.05) is 0 Å². The lowest BCUT2D eigenvalue weighted by Crippen LogP contribution is -2.29. The highest BCUT2D eigenvalue weighted by Crippen LogP contribution is 2.44. The van der Waals surface area contributed by atoms with Gasteiger partial charge in [-0.05, 0) is 17.7 Å². The molecule has 0 amide bonds. The SMILES string of the molecule is O=c1oc2ccccc2c2c1[C@@H](c1ccccc1)[C@H]([N+](=O)[O-])O2. The topological polar surface area (TPSA) is 82.6 Å². The summed E-state index contributed by atoms with van der Waals surface area (Å²) in [6.45, 7) is 0. The van der Waals surface area contributed by atoms with Crippen molar-refractivity contribution >= 4 is 11.0 Å². The molecule has 2 heterocycles.